The van der Waals surface area contributed by atoms with E-state index in [9.17, 15) is 9.59 Å². The average Bonchev–Trinajstić information content (AvgIpc) is 3.43. The van der Waals surface area contributed by atoms with Gasteiger partial charge < -0.3 is 15.2 Å². The fourth-order valence-corrected chi connectivity index (χ4v) is 3.97. The zero-order chi connectivity index (χ0) is 19.8. The topological polar surface area (TPSA) is 97.1 Å². The van der Waals surface area contributed by atoms with Gasteiger partial charge in [0.15, 0.2) is 0 Å². The van der Waals surface area contributed by atoms with Crippen LogP contribution in [0.4, 0.5) is 0 Å². The summed E-state index contributed by atoms with van der Waals surface area (Å²) in [7, 11) is 0. The molecular formula is C19H22N4O3S2. The molecule has 0 saturated heterocycles. The number of carbonyl (C=O) groups excluding carboxylic acids is 2. The van der Waals surface area contributed by atoms with Gasteiger partial charge in [-0.2, -0.15) is 4.98 Å². The molecule has 0 fully saturated rings. The zero-order valence-corrected chi connectivity index (χ0v) is 17.2. The van der Waals surface area contributed by atoms with Crippen molar-refractivity contribution in [3.8, 4) is 10.7 Å². The monoisotopic (exact) mass is 418 g/mol. The first kappa shape index (κ1) is 20.2. The lowest BCUT2D eigenvalue weighted by atomic mass is 10.2. The number of unbranched alkanes of at least 4 members (excludes halogenated alkanes) is 2. The van der Waals surface area contributed by atoms with Crippen LogP contribution in [0.2, 0.25) is 0 Å². The van der Waals surface area contributed by atoms with Gasteiger partial charge in [0.1, 0.15) is 0 Å². The standard InChI is InChI=1S/C19H22N4O3S2/c1-13-8-9-15(28-13)19(25)21-12-16(24)20-10-4-2-3-7-17-22-18(23-26-17)14-6-5-11-27-14/h5-6,8-9,11H,2-4,7,10,12H2,1H3,(H,20,24)(H,21,25). The SMILES string of the molecule is Cc1ccc(C(=O)NCC(=O)NCCCCCc2nc(-c3cccs3)no2)s1. The molecule has 3 heterocycles. The highest BCUT2D eigenvalue weighted by molar-refractivity contribution is 7.14. The van der Waals surface area contributed by atoms with Gasteiger partial charge in [-0.3, -0.25) is 9.59 Å². The minimum Gasteiger partial charge on any atom is -0.355 e. The Bertz CT molecular complexity index is 902. The number of aromatic nitrogens is 2. The number of aryl methyl sites for hydroxylation is 2. The van der Waals surface area contributed by atoms with Crippen molar-refractivity contribution in [1.82, 2.24) is 20.8 Å². The molecule has 7 nitrogen and oxygen atoms in total. The van der Waals surface area contributed by atoms with E-state index in [4.69, 9.17) is 4.52 Å². The maximum absolute atomic E-state index is 11.9. The maximum Gasteiger partial charge on any atom is 0.261 e. The second-order valence-electron chi connectivity index (χ2n) is 6.24. The van der Waals surface area contributed by atoms with Crippen LogP contribution < -0.4 is 10.6 Å². The van der Waals surface area contributed by atoms with E-state index in [2.05, 4.69) is 20.8 Å². The smallest absolute Gasteiger partial charge is 0.261 e. The number of amides is 2. The molecule has 2 amide bonds. The van der Waals surface area contributed by atoms with Gasteiger partial charge in [-0.05, 0) is 43.3 Å². The summed E-state index contributed by atoms with van der Waals surface area (Å²) in [6, 6.07) is 7.57. The van der Waals surface area contributed by atoms with Crippen molar-refractivity contribution in [1.29, 1.82) is 0 Å². The van der Waals surface area contributed by atoms with E-state index in [0.717, 1.165) is 35.4 Å². The zero-order valence-electron chi connectivity index (χ0n) is 15.6. The number of thiophene rings is 2. The van der Waals surface area contributed by atoms with Crippen LogP contribution in [0.3, 0.4) is 0 Å². The third-order valence-corrected chi connectivity index (χ3v) is 5.84. The Hall–Kier alpha value is -2.52. The minimum absolute atomic E-state index is 0.0107. The Labute approximate surface area is 171 Å². The van der Waals surface area contributed by atoms with Crippen LogP contribution >= 0.6 is 22.7 Å². The van der Waals surface area contributed by atoms with Crippen LogP contribution in [0.25, 0.3) is 10.7 Å². The highest BCUT2D eigenvalue weighted by Crippen LogP contribution is 2.21. The predicted octanol–water partition coefficient (Wildman–Crippen LogP) is 3.43. The molecule has 2 N–H and O–H groups in total. The lowest BCUT2D eigenvalue weighted by molar-refractivity contribution is -0.120. The fourth-order valence-electron chi connectivity index (χ4n) is 2.53. The number of nitrogens with zero attached hydrogens (tertiary/aromatic N) is 2. The predicted molar refractivity (Wildman–Crippen MR) is 110 cm³/mol. The average molecular weight is 419 g/mol. The summed E-state index contributed by atoms with van der Waals surface area (Å²) < 4.78 is 5.26. The molecule has 0 aliphatic heterocycles. The van der Waals surface area contributed by atoms with Gasteiger partial charge in [0.25, 0.3) is 5.91 Å². The fraction of sp³-hybridized carbons (Fsp3) is 0.368. The van der Waals surface area contributed by atoms with Gasteiger partial charge in [-0.25, -0.2) is 0 Å². The molecule has 0 atom stereocenters. The summed E-state index contributed by atoms with van der Waals surface area (Å²) in [5, 5.41) is 11.4. The maximum atomic E-state index is 11.9. The largest absolute Gasteiger partial charge is 0.355 e. The number of nitrogens with one attached hydrogen (secondary N) is 2. The van der Waals surface area contributed by atoms with Gasteiger partial charge in [0, 0.05) is 17.8 Å². The molecule has 9 heteroatoms. The Balaban J connectivity index is 1.25. The second-order valence-corrected chi connectivity index (χ2v) is 8.48. The first-order valence-corrected chi connectivity index (χ1v) is 10.8. The van der Waals surface area contributed by atoms with Crippen LogP contribution in [0.1, 0.15) is 39.7 Å². The quantitative estimate of drug-likeness (QED) is 0.492. The van der Waals surface area contributed by atoms with Crippen molar-refractivity contribution in [3.05, 3.63) is 45.3 Å². The van der Waals surface area contributed by atoms with Crippen molar-refractivity contribution in [2.75, 3.05) is 13.1 Å². The molecule has 3 aromatic heterocycles. The molecule has 0 aliphatic rings. The first-order valence-electron chi connectivity index (χ1n) is 9.09. The Morgan fingerprint density at radius 1 is 1.14 bits per heavy atom. The van der Waals surface area contributed by atoms with E-state index in [-0.39, 0.29) is 18.4 Å². The van der Waals surface area contributed by atoms with Gasteiger partial charge in [0.2, 0.25) is 17.6 Å². The number of carbonyl (C=O) groups is 2. The van der Waals surface area contributed by atoms with Crippen molar-refractivity contribution in [2.45, 2.75) is 32.6 Å². The molecular weight excluding hydrogens is 396 g/mol. The Morgan fingerprint density at radius 2 is 2.04 bits per heavy atom. The number of hydrogen-bond donors (Lipinski definition) is 2. The summed E-state index contributed by atoms with van der Waals surface area (Å²) in [5.74, 6) is 0.879. The van der Waals surface area contributed by atoms with E-state index >= 15 is 0 Å². The number of rotatable bonds is 10. The molecule has 0 spiro atoms. The molecule has 3 rings (SSSR count). The van der Waals surface area contributed by atoms with Gasteiger partial charge in [-0.1, -0.05) is 17.6 Å². The normalized spacial score (nSPS) is 10.8. The molecule has 0 unspecified atom stereocenters. The highest BCUT2D eigenvalue weighted by atomic mass is 32.1. The minimum atomic E-state index is -0.213. The molecule has 0 radical (unpaired) electrons. The van der Waals surface area contributed by atoms with Gasteiger partial charge >= 0.3 is 0 Å². The first-order chi connectivity index (χ1) is 13.6. The van der Waals surface area contributed by atoms with Crippen molar-refractivity contribution in [2.24, 2.45) is 0 Å². The molecule has 0 aliphatic carbocycles. The molecule has 28 heavy (non-hydrogen) atoms. The van der Waals surface area contributed by atoms with Gasteiger partial charge in [0.05, 0.1) is 16.3 Å². The van der Waals surface area contributed by atoms with Crippen molar-refractivity contribution < 1.29 is 14.1 Å². The lowest BCUT2D eigenvalue weighted by Gasteiger charge is -2.06. The Kier molecular flexibility index (Phi) is 7.32. The summed E-state index contributed by atoms with van der Waals surface area (Å²) in [6.45, 7) is 2.51. The summed E-state index contributed by atoms with van der Waals surface area (Å²) >= 11 is 2.99. The highest BCUT2D eigenvalue weighted by Gasteiger charge is 2.10. The van der Waals surface area contributed by atoms with E-state index < -0.39 is 0 Å². The van der Waals surface area contributed by atoms with Crippen molar-refractivity contribution >= 4 is 34.5 Å². The molecule has 148 valence electrons. The Morgan fingerprint density at radius 3 is 2.79 bits per heavy atom. The molecule has 3 aromatic rings. The van der Waals surface area contributed by atoms with Crippen LogP contribution in [-0.2, 0) is 11.2 Å². The third kappa shape index (κ3) is 6.00. The van der Waals surface area contributed by atoms with E-state index in [1.807, 2.05) is 30.5 Å². The molecule has 0 saturated carbocycles. The molecule has 0 aromatic carbocycles. The summed E-state index contributed by atoms with van der Waals surface area (Å²) in [4.78, 5) is 30.8. The molecule has 0 bridgehead atoms. The summed E-state index contributed by atoms with van der Waals surface area (Å²) in [5.41, 5.74) is 0. The van der Waals surface area contributed by atoms with Crippen LogP contribution in [0.15, 0.2) is 34.2 Å². The second kappa shape index (κ2) is 10.1. The lowest BCUT2D eigenvalue weighted by Crippen LogP contribution is -2.37. The van der Waals surface area contributed by atoms with Crippen molar-refractivity contribution in [3.63, 3.8) is 0 Å². The van der Waals surface area contributed by atoms with E-state index in [1.54, 1.807) is 17.4 Å². The third-order valence-electron chi connectivity index (χ3n) is 3.97. The van der Waals surface area contributed by atoms with Gasteiger partial charge in [-0.15, -0.1) is 22.7 Å². The van der Waals surface area contributed by atoms with Crippen LogP contribution in [0.5, 0.6) is 0 Å². The van der Waals surface area contributed by atoms with E-state index in [1.165, 1.54) is 11.3 Å². The van der Waals surface area contributed by atoms with Crippen LogP contribution in [0, 0.1) is 6.92 Å². The summed E-state index contributed by atoms with van der Waals surface area (Å²) in [6.07, 6.45) is 3.44. The van der Waals surface area contributed by atoms with E-state index in [0.29, 0.717) is 23.1 Å². The number of hydrogen-bond acceptors (Lipinski definition) is 7. The van der Waals surface area contributed by atoms with Crippen LogP contribution in [-0.4, -0.2) is 35.0 Å².